The van der Waals surface area contributed by atoms with Crippen molar-refractivity contribution >= 4 is 34.1 Å². The zero-order valence-electron chi connectivity index (χ0n) is 40.8. The van der Waals surface area contributed by atoms with E-state index in [-0.39, 0.29) is 0 Å². The molecule has 7 heterocycles. The van der Waals surface area contributed by atoms with Gasteiger partial charge in [-0.1, -0.05) is 231 Å². The number of hydrogen-bond donors (Lipinski definition) is 0. The summed E-state index contributed by atoms with van der Waals surface area (Å²) in [6.45, 7) is 0. The predicted molar refractivity (Wildman–Crippen MR) is 313 cm³/mol. The first-order chi connectivity index (χ1) is 36.7. The molecule has 0 spiro atoms. The topological polar surface area (TPSA) is 6.48 Å². The lowest BCUT2D eigenvalue weighted by Crippen LogP contribution is -2.10. The van der Waals surface area contributed by atoms with Crippen LogP contribution in [0.5, 0.6) is 0 Å². The highest BCUT2D eigenvalue weighted by atomic mass is 15.1. The van der Waals surface area contributed by atoms with Crippen LogP contribution in [-0.2, 0) is 0 Å². The van der Waals surface area contributed by atoms with Crippen LogP contribution in [0.15, 0.2) is 303 Å². The Bertz CT molecular complexity index is 3490. The molecule has 74 heavy (non-hydrogen) atoms. The molecule has 348 valence electrons. The van der Waals surface area contributed by atoms with Crippen molar-refractivity contribution in [1.82, 2.24) is 0 Å². The Morgan fingerprint density at radius 3 is 0.581 bits per heavy atom. The molecule has 7 aliphatic heterocycles. The van der Waals surface area contributed by atoms with Crippen molar-refractivity contribution in [3.8, 4) is 89.0 Å². The molecule has 0 N–H and O–H groups in total. The summed E-state index contributed by atoms with van der Waals surface area (Å²) < 4.78 is 0. The van der Waals surface area contributed by atoms with Gasteiger partial charge >= 0.3 is 0 Å². The Hall–Kier alpha value is -9.76. The average Bonchev–Trinajstić information content (AvgIpc) is 3.49. The fourth-order valence-electron chi connectivity index (χ4n) is 10.8. The van der Waals surface area contributed by atoms with E-state index >= 15 is 0 Å². The lowest BCUT2D eigenvalue weighted by atomic mass is 9.92. The van der Waals surface area contributed by atoms with Gasteiger partial charge in [-0.3, -0.25) is 0 Å². The van der Waals surface area contributed by atoms with Crippen molar-refractivity contribution < 1.29 is 0 Å². The lowest BCUT2D eigenvalue weighted by molar-refractivity contribution is 1.28. The van der Waals surface area contributed by atoms with E-state index in [0.717, 1.165) is 56.4 Å². The minimum atomic E-state index is 1.07. The van der Waals surface area contributed by atoms with Crippen molar-refractivity contribution in [3.63, 3.8) is 0 Å². The molecule has 0 unspecified atom stereocenters. The molecule has 19 rings (SSSR count). The molecule has 7 aliphatic rings. The third kappa shape index (κ3) is 8.45. The van der Waals surface area contributed by atoms with Gasteiger partial charge in [-0.2, -0.15) is 0 Å². The van der Waals surface area contributed by atoms with Gasteiger partial charge in [-0.15, -0.1) is 0 Å². The Balaban J connectivity index is 0.975. The third-order valence-corrected chi connectivity index (χ3v) is 14.5. The number of hydrogen-bond acceptors (Lipinski definition) is 2. The van der Waals surface area contributed by atoms with E-state index in [1.165, 1.54) is 66.8 Å². The van der Waals surface area contributed by atoms with Gasteiger partial charge in [-0.25, -0.2) is 0 Å². The van der Waals surface area contributed by atoms with Gasteiger partial charge in [0.25, 0.3) is 0 Å². The second kappa shape index (κ2) is 19.4. The molecule has 12 aromatic rings. The predicted octanol–water partition coefficient (Wildman–Crippen LogP) is 20.3. The highest BCUT2D eigenvalue weighted by Crippen LogP contribution is 2.46. The average molecular weight is 943 g/mol. The zero-order chi connectivity index (χ0) is 49.2. The molecule has 0 saturated heterocycles. The number of anilines is 6. The van der Waals surface area contributed by atoms with E-state index in [4.69, 9.17) is 0 Å². The SMILES string of the molecule is c1ccc(-c2ccc(N3c4ccc(cc4)-c4ccccc4-c4ccc(cc4)N(c4ccc(-c5ccccc5)c(-c5ccccc5)c4)c4ccc(cc4)-c4ccccc4-c4ccc3cc4)cc2-c2ccccc2)cc1. The molecule has 0 saturated carbocycles. The van der Waals surface area contributed by atoms with Crippen LogP contribution >= 0.6 is 0 Å². The number of benzene rings is 12. The number of nitrogens with zero attached hydrogens (tertiary/aromatic N) is 2. The first kappa shape index (κ1) is 44.2. The molecule has 2 heteroatoms. The summed E-state index contributed by atoms with van der Waals surface area (Å²) in [7, 11) is 0. The molecule has 0 amide bonds. The smallest absolute Gasteiger partial charge is 0.0468 e. The normalized spacial score (nSPS) is 11.7. The van der Waals surface area contributed by atoms with Crippen LogP contribution in [0, 0.1) is 0 Å². The lowest BCUT2D eigenvalue weighted by Gasteiger charge is -2.28. The van der Waals surface area contributed by atoms with Crippen molar-refractivity contribution in [2.24, 2.45) is 0 Å². The van der Waals surface area contributed by atoms with E-state index in [1.54, 1.807) is 0 Å². The van der Waals surface area contributed by atoms with Gasteiger partial charge < -0.3 is 9.80 Å². The van der Waals surface area contributed by atoms with Crippen LogP contribution < -0.4 is 9.80 Å². The molecule has 0 fully saturated rings. The Morgan fingerprint density at radius 2 is 0.324 bits per heavy atom. The summed E-state index contributed by atoms with van der Waals surface area (Å²) in [5.41, 5.74) is 25.3. The highest BCUT2D eigenvalue weighted by Gasteiger charge is 2.21. The standard InChI is InChI=1S/C72H50N2/c1-5-17-51(18-6-1)69-47-45-63(49-71(69)53-21-9-3-10-22-53)73-59-37-29-55(30-38-59)65-25-13-15-27-67(65)57-33-41-61(42-34-57)74(64-46-48-70(52-19-7-2-8-20-52)72(50-64)54-23-11-4-12-24-54)62-43-35-58(36-44-62)68-28-16-14-26-66(68)56-31-39-60(73)40-32-56/h1-50H. The molecule has 12 aromatic carbocycles. The first-order valence-corrected chi connectivity index (χ1v) is 25.4. The second-order valence-corrected chi connectivity index (χ2v) is 18.9. The van der Waals surface area contributed by atoms with Gasteiger partial charge in [-0.05, 0) is 162 Å². The van der Waals surface area contributed by atoms with E-state index in [2.05, 4.69) is 313 Å². The van der Waals surface area contributed by atoms with Gasteiger partial charge in [0.15, 0.2) is 0 Å². The van der Waals surface area contributed by atoms with Crippen LogP contribution in [0.25, 0.3) is 89.0 Å². The second-order valence-electron chi connectivity index (χ2n) is 18.9. The monoisotopic (exact) mass is 942 g/mol. The quantitative estimate of drug-likeness (QED) is 0.164. The summed E-state index contributed by atoms with van der Waals surface area (Å²) >= 11 is 0. The molecular formula is C72H50N2. The Morgan fingerprint density at radius 1 is 0.135 bits per heavy atom. The van der Waals surface area contributed by atoms with Crippen molar-refractivity contribution in [1.29, 1.82) is 0 Å². The van der Waals surface area contributed by atoms with Crippen LogP contribution in [-0.4, -0.2) is 0 Å². The summed E-state index contributed by atoms with van der Waals surface area (Å²) in [4.78, 5) is 4.78. The maximum Gasteiger partial charge on any atom is 0.0468 e. The Labute approximate surface area is 434 Å². The van der Waals surface area contributed by atoms with Crippen LogP contribution in [0.1, 0.15) is 0 Å². The first-order valence-electron chi connectivity index (χ1n) is 25.4. The van der Waals surface area contributed by atoms with Gasteiger partial charge in [0.2, 0.25) is 0 Å². The summed E-state index contributed by atoms with van der Waals surface area (Å²) in [5, 5.41) is 0. The van der Waals surface area contributed by atoms with Crippen LogP contribution in [0.2, 0.25) is 0 Å². The zero-order valence-corrected chi connectivity index (χ0v) is 40.8. The molecule has 0 radical (unpaired) electrons. The molecule has 0 aliphatic carbocycles. The molecule has 8 bridgehead atoms. The summed E-state index contributed by atoms with van der Waals surface area (Å²) in [5.74, 6) is 0. The van der Waals surface area contributed by atoms with E-state index < -0.39 is 0 Å². The Kier molecular flexibility index (Phi) is 11.6. The van der Waals surface area contributed by atoms with Gasteiger partial charge in [0, 0.05) is 34.1 Å². The fraction of sp³-hybridized carbons (Fsp3) is 0. The molecule has 2 nitrogen and oxygen atoms in total. The highest BCUT2D eigenvalue weighted by molar-refractivity contribution is 5.93. The maximum absolute atomic E-state index is 2.39. The minimum absolute atomic E-state index is 1.07. The van der Waals surface area contributed by atoms with E-state index in [9.17, 15) is 0 Å². The third-order valence-electron chi connectivity index (χ3n) is 14.5. The van der Waals surface area contributed by atoms with E-state index in [1.807, 2.05) is 0 Å². The molecule has 0 aromatic heterocycles. The number of rotatable bonds is 6. The van der Waals surface area contributed by atoms with Crippen molar-refractivity contribution in [3.05, 3.63) is 303 Å². The fourth-order valence-corrected chi connectivity index (χ4v) is 10.8. The van der Waals surface area contributed by atoms with Gasteiger partial charge in [0.1, 0.15) is 0 Å². The summed E-state index contributed by atoms with van der Waals surface area (Å²) in [6.07, 6.45) is 0. The largest absolute Gasteiger partial charge is 0.310 e. The maximum atomic E-state index is 2.39. The van der Waals surface area contributed by atoms with Crippen LogP contribution in [0.3, 0.4) is 0 Å². The van der Waals surface area contributed by atoms with Gasteiger partial charge in [0.05, 0.1) is 0 Å². The summed E-state index contributed by atoms with van der Waals surface area (Å²) in [6, 6.07) is 111. The molecule has 0 atom stereocenters. The van der Waals surface area contributed by atoms with E-state index in [0.29, 0.717) is 0 Å². The van der Waals surface area contributed by atoms with Crippen molar-refractivity contribution in [2.75, 3.05) is 9.80 Å². The van der Waals surface area contributed by atoms with Crippen molar-refractivity contribution in [2.45, 2.75) is 0 Å². The molecular weight excluding hydrogens is 893 g/mol. The van der Waals surface area contributed by atoms with Crippen LogP contribution in [0.4, 0.5) is 34.1 Å². The minimum Gasteiger partial charge on any atom is -0.310 e.